The van der Waals surface area contributed by atoms with E-state index in [1.165, 1.54) is 24.0 Å². The Balaban J connectivity index is 1.36. The van der Waals surface area contributed by atoms with Gasteiger partial charge in [-0.1, -0.05) is 6.07 Å². The van der Waals surface area contributed by atoms with Gasteiger partial charge in [-0.25, -0.2) is 0 Å². The van der Waals surface area contributed by atoms with Gasteiger partial charge in [-0.15, -0.1) is 0 Å². The minimum absolute atomic E-state index is 0.0678. The molecule has 0 atom stereocenters. The number of thiocarbonyl (C=S) groups is 1. The Hall–Kier alpha value is -2.60. The molecule has 26 heavy (non-hydrogen) atoms. The lowest BCUT2D eigenvalue weighted by Crippen LogP contribution is -2.47. The Morgan fingerprint density at radius 1 is 1.00 bits per heavy atom. The molecule has 6 heteroatoms. The van der Waals surface area contributed by atoms with Gasteiger partial charge in [-0.2, -0.15) is 0 Å². The van der Waals surface area contributed by atoms with Gasteiger partial charge in [0.1, 0.15) is 0 Å². The summed E-state index contributed by atoms with van der Waals surface area (Å²) < 4.78 is 0. The zero-order valence-corrected chi connectivity index (χ0v) is 15.4. The first-order valence-electron chi connectivity index (χ1n) is 8.99. The van der Waals surface area contributed by atoms with Crippen molar-refractivity contribution in [2.24, 2.45) is 0 Å². The summed E-state index contributed by atoms with van der Waals surface area (Å²) in [5.74, 6) is 0.0678. The van der Waals surface area contributed by atoms with Gasteiger partial charge in [-0.3, -0.25) is 4.79 Å². The number of amides is 1. The van der Waals surface area contributed by atoms with Crippen molar-refractivity contribution in [3.8, 4) is 0 Å². The Morgan fingerprint density at radius 3 is 2.54 bits per heavy atom. The zero-order valence-electron chi connectivity index (χ0n) is 14.5. The van der Waals surface area contributed by atoms with Crippen LogP contribution in [-0.4, -0.2) is 30.7 Å². The highest BCUT2D eigenvalue weighted by atomic mass is 32.1. The van der Waals surface area contributed by atoms with Crippen LogP contribution in [0.5, 0.6) is 0 Å². The minimum Gasteiger partial charge on any atom is -0.360 e. The number of rotatable bonds is 3. The van der Waals surface area contributed by atoms with Crippen molar-refractivity contribution in [3.05, 3.63) is 53.6 Å². The van der Waals surface area contributed by atoms with Gasteiger partial charge < -0.3 is 20.9 Å². The second-order valence-corrected chi connectivity index (χ2v) is 7.14. The predicted molar refractivity (Wildman–Crippen MR) is 110 cm³/mol. The minimum atomic E-state index is 0.0678. The van der Waals surface area contributed by atoms with Crippen LogP contribution in [0.3, 0.4) is 0 Å². The third-order valence-electron chi connectivity index (χ3n) is 4.89. The molecule has 0 spiro atoms. The molecule has 4 rings (SSSR count). The number of aryl methyl sites for hydroxylation is 2. The summed E-state index contributed by atoms with van der Waals surface area (Å²) in [4.78, 5) is 13.6. The number of hydrogen-bond donors (Lipinski definition) is 3. The fraction of sp³-hybridized carbons (Fsp3) is 0.300. The summed E-state index contributed by atoms with van der Waals surface area (Å²) in [7, 11) is 0. The van der Waals surface area contributed by atoms with Crippen molar-refractivity contribution in [2.45, 2.75) is 19.3 Å². The average Bonchev–Trinajstić information content (AvgIpc) is 3.10. The first-order valence-corrected chi connectivity index (χ1v) is 9.40. The van der Waals surface area contributed by atoms with Crippen LogP contribution in [0, 0.1) is 0 Å². The molecule has 2 aromatic rings. The van der Waals surface area contributed by atoms with Crippen LogP contribution < -0.4 is 20.9 Å². The van der Waals surface area contributed by atoms with Crippen LogP contribution in [0.2, 0.25) is 0 Å². The number of fused-ring (bicyclic) bond motifs is 1. The maximum Gasteiger partial charge on any atom is 0.239 e. The maximum absolute atomic E-state index is 11.5. The summed E-state index contributed by atoms with van der Waals surface area (Å²) in [6.07, 6.45) is 3.58. The Kier molecular flexibility index (Phi) is 4.75. The van der Waals surface area contributed by atoms with Gasteiger partial charge in [0, 0.05) is 30.2 Å². The molecular weight excluding hydrogens is 344 g/mol. The second kappa shape index (κ2) is 7.33. The molecule has 0 unspecified atom stereocenters. The summed E-state index contributed by atoms with van der Waals surface area (Å²) in [6.45, 7) is 1.93. The van der Waals surface area contributed by atoms with Crippen molar-refractivity contribution in [1.29, 1.82) is 0 Å². The molecule has 0 bridgehead atoms. The van der Waals surface area contributed by atoms with Crippen LogP contribution >= 0.6 is 12.2 Å². The van der Waals surface area contributed by atoms with Crippen LogP contribution in [0.15, 0.2) is 42.5 Å². The lowest BCUT2D eigenvalue weighted by atomic mass is 10.1. The van der Waals surface area contributed by atoms with Crippen LogP contribution in [-0.2, 0) is 17.6 Å². The molecule has 0 aromatic heterocycles. The molecule has 1 saturated heterocycles. The van der Waals surface area contributed by atoms with E-state index in [1.807, 2.05) is 24.3 Å². The number of hydrogen-bond acceptors (Lipinski definition) is 3. The Bertz CT molecular complexity index is 834. The molecule has 0 radical (unpaired) electrons. The standard InChI is InChI=1S/C20H22N4OS/c25-19-13-24(11-10-21-19)18-8-6-16(7-9-18)22-20(26)23-17-5-4-14-2-1-3-15(14)12-17/h4-9,12H,1-3,10-11,13H2,(H,21,25)(H2,22,23,26). The molecule has 3 N–H and O–H groups in total. The average molecular weight is 366 g/mol. The molecule has 1 fully saturated rings. The van der Waals surface area contributed by atoms with Gasteiger partial charge in [-0.05, 0) is 79.0 Å². The lowest BCUT2D eigenvalue weighted by molar-refractivity contribution is -0.120. The lowest BCUT2D eigenvalue weighted by Gasteiger charge is -2.28. The fourth-order valence-corrected chi connectivity index (χ4v) is 3.79. The summed E-state index contributed by atoms with van der Waals surface area (Å²) >= 11 is 5.43. The molecule has 1 aliphatic heterocycles. The van der Waals surface area contributed by atoms with Crippen molar-refractivity contribution >= 4 is 40.3 Å². The SMILES string of the molecule is O=C1CN(c2ccc(NC(=S)Nc3ccc4c(c3)CCC4)cc2)CCN1. The van der Waals surface area contributed by atoms with E-state index in [0.717, 1.165) is 30.0 Å². The first kappa shape index (κ1) is 16.8. The van der Waals surface area contributed by atoms with E-state index in [-0.39, 0.29) is 5.91 Å². The summed E-state index contributed by atoms with van der Waals surface area (Å²) in [5.41, 5.74) is 5.88. The highest BCUT2D eigenvalue weighted by molar-refractivity contribution is 7.80. The molecule has 1 amide bonds. The molecule has 134 valence electrons. The largest absolute Gasteiger partial charge is 0.360 e. The highest BCUT2D eigenvalue weighted by Gasteiger charge is 2.16. The molecule has 1 heterocycles. The number of piperazine rings is 1. The van der Waals surface area contributed by atoms with Crippen molar-refractivity contribution in [1.82, 2.24) is 5.32 Å². The number of carbonyl (C=O) groups is 1. The summed E-state index contributed by atoms with van der Waals surface area (Å²) in [5, 5.41) is 9.90. The summed E-state index contributed by atoms with van der Waals surface area (Å²) in [6, 6.07) is 14.5. The zero-order chi connectivity index (χ0) is 17.9. The molecule has 1 aliphatic carbocycles. The highest BCUT2D eigenvalue weighted by Crippen LogP contribution is 2.25. The van der Waals surface area contributed by atoms with Gasteiger partial charge in [0.25, 0.3) is 0 Å². The van der Waals surface area contributed by atoms with Crippen LogP contribution in [0.1, 0.15) is 17.5 Å². The van der Waals surface area contributed by atoms with E-state index in [1.54, 1.807) is 0 Å². The second-order valence-electron chi connectivity index (χ2n) is 6.73. The number of benzene rings is 2. The Labute approximate surface area is 158 Å². The number of carbonyl (C=O) groups excluding carboxylic acids is 1. The third-order valence-corrected chi connectivity index (χ3v) is 5.09. The third kappa shape index (κ3) is 3.80. The first-order chi connectivity index (χ1) is 12.7. The molecular formula is C20H22N4OS. The van der Waals surface area contributed by atoms with Gasteiger partial charge in [0.15, 0.2) is 5.11 Å². The van der Waals surface area contributed by atoms with E-state index >= 15 is 0 Å². The molecule has 5 nitrogen and oxygen atoms in total. The quantitative estimate of drug-likeness (QED) is 0.730. The molecule has 0 saturated carbocycles. The number of nitrogens with one attached hydrogen (secondary N) is 3. The van der Waals surface area contributed by atoms with E-state index in [9.17, 15) is 4.79 Å². The monoisotopic (exact) mass is 366 g/mol. The predicted octanol–water partition coefficient (Wildman–Crippen LogP) is 2.92. The van der Waals surface area contributed by atoms with E-state index in [4.69, 9.17) is 12.2 Å². The maximum atomic E-state index is 11.5. The van der Waals surface area contributed by atoms with Gasteiger partial charge in [0.2, 0.25) is 5.91 Å². The van der Waals surface area contributed by atoms with E-state index in [2.05, 4.69) is 39.0 Å². The van der Waals surface area contributed by atoms with Crippen molar-refractivity contribution in [2.75, 3.05) is 35.2 Å². The topological polar surface area (TPSA) is 56.4 Å². The van der Waals surface area contributed by atoms with Crippen LogP contribution in [0.4, 0.5) is 17.1 Å². The van der Waals surface area contributed by atoms with Gasteiger partial charge >= 0.3 is 0 Å². The van der Waals surface area contributed by atoms with Gasteiger partial charge in [0.05, 0.1) is 6.54 Å². The smallest absolute Gasteiger partial charge is 0.239 e. The van der Waals surface area contributed by atoms with Crippen molar-refractivity contribution in [3.63, 3.8) is 0 Å². The fourth-order valence-electron chi connectivity index (χ4n) is 3.56. The van der Waals surface area contributed by atoms with Crippen molar-refractivity contribution < 1.29 is 4.79 Å². The molecule has 2 aliphatic rings. The number of anilines is 3. The van der Waals surface area contributed by atoms with E-state index < -0.39 is 0 Å². The molecule has 2 aromatic carbocycles. The Morgan fingerprint density at radius 2 is 1.73 bits per heavy atom. The van der Waals surface area contributed by atoms with E-state index in [0.29, 0.717) is 18.2 Å². The van der Waals surface area contributed by atoms with Crippen LogP contribution in [0.25, 0.3) is 0 Å². The number of nitrogens with zero attached hydrogens (tertiary/aromatic N) is 1. The normalized spacial score (nSPS) is 16.0.